The molecule has 0 radical (unpaired) electrons. The van der Waals surface area contributed by atoms with E-state index in [1.807, 2.05) is 30.3 Å². The van der Waals surface area contributed by atoms with Crippen LogP contribution in [0, 0.1) is 11.8 Å². The number of Topliss-reactive ketones (excluding diaryl/α,β-unsaturated/α-hetero) is 1. The van der Waals surface area contributed by atoms with E-state index in [0.717, 1.165) is 18.4 Å². The Morgan fingerprint density at radius 2 is 2.00 bits per heavy atom. The predicted molar refractivity (Wildman–Crippen MR) is 68.1 cm³/mol. The van der Waals surface area contributed by atoms with Crippen molar-refractivity contribution >= 4 is 5.78 Å². The summed E-state index contributed by atoms with van der Waals surface area (Å²) in [7, 11) is 0. The van der Waals surface area contributed by atoms with Crippen molar-refractivity contribution in [1.82, 2.24) is 0 Å². The average molecular weight is 232 g/mol. The van der Waals surface area contributed by atoms with Crippen LogP contribution in [0.5, 0.6) is 0 Å². The number of ether oxygens (including phenoxy) is 1. The van der Waals surface area contributed by atoms with E-state index in [-0.39, 0.29) is 17.8 Å². The second-order valence-corrected chi connectivity index (χ2v) is 5.10. The van der Waals surface area contributed by atoms with Gasteiger partial charge in [-0.25, -0.2) is 0 Å². The molecule has 1 aromatic carbocycles. The topological polar surface area (TPSA) is 26.3 Å². The van der Waals surface area contributed by atoms with Crippen LogP contribution < -0.4 is 0 Å². The maximum atomic E-state index is 12.3. The zero-order valence-corrected chi connectivity index (χ0v) is 10.6. The van der Waals surface area contributed by atoms with Crippen LogP contribution in [0.1, 0.15) is 37.0 Å². The summed E-state index contributed by atoms with van der Waals surface area (Å²) in [5.41, 5.74) is 0.835. The third kappa shape index (κ3) is 2.95. The summed E-state index contributed by atoms with van der Waals surface area (Å²) in [5, 5.41) is 0. The summed E-state index contributed by atoms with van der Waals surface area (Å²) < 4.78 is 5.70. The lowest BCUT2D eigenvalue weighted by atomic mass is 9.85. The molecule has 0 bridgehead atoms. The van der Waals surface area contributed by atoms with Gasteiger partial charge in [0.2, 0.25) is 0 Å². The van der Waals surface area contributed by atoms with Crippen LogP contribution in [0.25, 0.3) is 0 Å². The standard InChI is InChI=1S/C15H20O2/c1-11(2)14-10-13(8-9-17-14)15(16)12-6-4-3-5-7-12/h3-7,11,13-14H,8-10H2,1-2H3. The SMILES string of the molecule is CC(C)C1CC(C(=O)c2ccccc2)CCO1. The van der Waals surface area contributed by atoms with Crippen LogP contribution in [-0.2, 0) is 4.74 Å². The fraction of sp³-hybridized carbons (Fsp3) is 0.533. The van der Waals surface area contributed by atoms with Gasteiger partial charge in [0.25, 0.3) is 0 Å². The van der Waals surface area contributed by atoms with E-state index in [1.54, 1.807) is 0 Å². The van der Waals surface area contributed by atoms with Crippen molar-refractivity contribution in [3.05, 3.63) is 35.9 Å². The number of carbonyl (C=O) groups excluding carboxylic acids is 1. The highest BCUT2D eigenvalue weighted by atomic mass is 16.5. The Morgan fingerprint density at radius 1 is 1.29 bits per heavy atom. The van der Waals surface area contributed by atoms with Crippen LogP contribution in [0.2, 0.25) is 0 Å². The van der Waals surface area contributed by atoms with Gasteiger partial charge in [-0.05, 0) is 18.8 Å². The molecule has 1 fully saturated rings. The molecule has 2 rings (SSSR count). The van der Waals surface area contributed by atoms with Crippen molar-refractivity contribution in [2.45, 2.75) is 32.8 Å². The van der Waals surface area contributed by atoms with E-state index in [9.17, 15) is 4.79 Å². The lowest BCUT2D eigenvalue weighted by Crippen LogP contribution is -2.33. The Labute approximate surface area is 103 Å². The van der Waals surface area contributed by atoms with E-state index in [2.05, 4.69) is 13.8 Å². The molecular weight excluding hydrogens is 212 g/mol. The van der Waals surface area contributed by atoms with Crippen molar-refractivity contribution in [3.8, 4) is 0 Å². The molecular formula is C15H20O2. The van der Waals surface area contributed by atoms with Gasteiger partial charge < -0.3 is 4.74 Å². The molecule has 0 amide bonds. The first-order valence-corrected chi connectivity index (χ1v) is 6.39. The minimum absolute atomic E-state index is 0.138. The minimum Gasteiger partial charge on any atom is -0.378 e. The van der Waals surface area contributed by atoms with Gasteiger partial charge in [0, 0.05) is 18.1 Å². The van der Waals surface area contributed by atoms with Gasteiger partial charge in [-0.3, -0.25) is 4.79 Å². The quantitative estimate of drug-likeness (QED) is 0.747. The van der Waals surface area contributed by atoms with Gasteiger partial charge in [0.1, 0.15) is 0 Å². The molecule has 2 unspecified atom stereocenters. The molecule has 0 aliphatic carbocycles. The molecule has 0 saturated carbocycles. The highest BCUT2D eigenvalue weighted by Gasteiger charge is 2.29. The van der Waals surface area contributed by atoms with Gasteiger partial charge >= 0.3 is 0 Å². The summed E-state index contributed by atoms with van der Waals surface area (Å²) in [6, 6.07) is 9.60. The largest absolute Gasteiger partial charge is 0.378 e. The van der Waals surface area contributed by atoms with E-state index < -0.39 is 0 Å². The molecule has 1 saturated heterocycles. The summed E-state index contributed by atoms with van der Waals surface area (Å²) in [6.45, 7) is 5.02. The number of hydrogen-bond acceptors (Lipinski definition) is 2. The second-order valence-electron chi connectivity index (χ2n) is 5.10. The van der Waals surface area contributed by atoms with Crippen molar-refractivity contribution in [2.24, 2.45) is 11.8 Å². The van der Waals surface area contributed by atoms with Gasteiger partial charge in [-0.15, -0.1) is 0 Å². The molecule has 1 aliphatic heterocycles. The highest BCUT2D eigenvalue weighted by molar-refractivity contribution is 5.97. The number of hydrogen-bond donors (Lipinski definition) is 0. The summed E-state index contributed by atoms with van der Waals surface area (Å²) >= 11 is 0. The van der Waals surface area contributed by atoms with Gasteiger partial charge in [-0.2, -0.15) is 0 Å². The second kappa shape index (κ2) is 5.46. The molecule has 1 heterocycles. The first kappa shape index (κ1) is 12.3. The van der Waals surface area contributed by atoms with E-state index in [1.165, 1.54) is 0 Å². The lowest BCUT2D eigenvalue weighted by Gasteiger charge is -2.31. The molecule has 2 atom stereocenters. The van der Waals surface area contributed by atoms with Crippen LogP contribution in [0.4, 0.5) is 0 Å². The van der Waals surface area contributed by atoms with Crippen LogP contribution in [0.15, 0.2) is 30.3 Å². The highest BCUT2D eigenvalue weighted by Crippen LogP contribution is 2.27. The molecule has 1 aliphatic rings. The zero-order chi connectivity index (χ0) is 12.3. The van der Waals surface area contributed by atoms with Gasteiger partial charge in [0.05, 0.1) is 6.10 Å². The summed E-state index contributed by atoms with van der Waals surface area (Å²) in [6.07, 6.45) is 1.96. The molecule has 1 aromatic rings. The average Bonchev–Trinajstić information content (AvgIpc) is 2.39. The molecule has 0 aromatic heterocycles. The predicted octanol–water partition coefficient (Wildman–Crippen LogP) is 3.32. The van der Waals surface area contributed by atoms with Gasteiger partial charge in [0.15, 0.2) is 5.78 Å². The monoisotopic (exact) mass is 232 g/mol. The molecule has 2 heteroatoms. The molecule has 92 valence electrons. The van der Waals surface area contributed by atoms with E-state index in [4.69, 9.17) is 4.74 Å². The molecule has 17 heavy (non-hydrogen) atoms. The van der Waals surface area contributed by atoms with Crippen molar-refractivity contribution in [3.63, 3.8) is 0 Å². The summed E-state index contributed by atoms with van der Waals surface area (Å²) in [5.74, 6) is 0.902. The van der Waals surface area contributed by atoms with Crippen LogP contribution in [0.3, 0.4) is 0 Å². The maximum absolute atomic E-state index is 12.3. The normalized spacial score (nSPS) is 24.9. The fourth-order valence-corrected chi connectivity index (χ4v) is 2.37. The number of ketones is 1. The minimum atomic E-state index is 0.138. The Balaban J connectivity index is 2.05. The Bertz CT molecular complexity index is 370. The number of carbonyl (C=O) groups is 1. The molecule has 0 N–H and O–H groups in total. The third-order valence-corrected chi connectivity index (χ3v) is 3.49. The van der Waals surface area contributed by atoms with Crippen molar-refractivity contribution in [2.75, 3.05) is 6.61 Å². The Hall–Kier alpha value is -1.15. The Morgan fingerprint density at radius 3 is 2.65 bits per heavy atom. The molecule has 2 nitrogen and oxygen atoms in total. The third-order valence-electron chi connectivity index (χ3n) is 3.49. The maximum Gasteiger partial charge on any atom is 0.166 e. The van der Waals surface area contributed by atoms with E-state index in [0.29, 0.717) is 12.5 Å². The Kier molecular flexibility index (Phi) is 3.95. The fourth-order valence-electron chi connectivity index (χ4n) is 2.37. The summed E-state index contributed by atoms with van der Waals surface area (Å²) in [4.78, 5) is 12.3. The first-order valence-electron chi connectivity index (χ1n) is 6.39. The van der Waals surface area contributed by atoms with Crippen LogP contribution in [-0.4, -0.2) is 18.5 Å². The van der Waals surface area contributed by atoms with Crippen molar-refractivity contribution < 1.29 is 9.53 Å². The number of benzene rings is 1. The van der Waals surface area contributed by atoms with Crippen LogP contribution >= 0.6 is 0 Å². The lowest BCUT2D eigenvalue weighted by molar-refractivity contribution is -0.0291. The zero-order valence-electron chi connectivity index (χ0n) is 10.6. The first-order chi connectivity index (χ1) is 8.18. The van der Waals surface area contributed by atoms with Crippen molar-refractivity contribution in [1.29, 1.82) is 0 Å². The van der Waals surface area contributed by atoms with Gasteiger partial charge in [-0.1, -0.05) is 44.2 Å². The smallest absolute Gasteiger partial charge is 0.166 e. The molecule has 0 spiro atoms. The number of rotatable bonds is 3. The van der Waals surface area contributed by atoms with E-state index >= 15 is 0 Å².